The average Bonchev–Trinajstić information content (AvgIpc) is 2.76. The lowest BCUT2D eigenvalue weighted by atomic mass is 10.2. The Morgan fingerprint density at radius 1 is 1.21 bits per heavy atom. The van der Waals surface area contributed by atoms with Gasteiger partial charge in [-0.2, -0.15) is 0 Å². The second kappa shape index (κ2) is 5.19. The molecule has 0 bridgehead atoms. The Bertz CT molecular complexity index is 631. The van der Waals surface area contributed by atoms with E-state index in [2.05, 4.69) is 5.32 Å². The number of aromatic carboxylic acids is 1. The van der Waals surface area contributed by atoms with Crippen LogP contribution < -0.4 is 5.32 Å². The molecule has 0 saturated carbocycles. The van der Waals surface area contributed by atoms with E-state index >= 15 is 0 Å². The summed E-state index contributed by atoms with van der Waals surface area (Å²) in [5, 5.41) is 11.3. The molecule has 0 radical (unpaired) electrons. The standard InChI is InChI=1S/C13H10FNO3S/c1-7-4-8(14)6-9(5-7)15-12(16)10-2-3-11(19-10)13(17)18/h2-6H,1H3,(H,15,16)(H,17,18). The van der Waals surface area contributed by atoms with E-state index in [4.69, 9.17) is 5.11 Å². The summed E-state index contributed by atoms with van der Waals surface area (Å²) in [5.41, 5.74) is 1.03. The normalized spacial score (nSPS) is 10.2. The maximum Gasteiger partial charge on any atom is 0.345 e. The van der Waals surface area contributed by atoms with E-state index in [1.165, 1.54) is 24.3 Å². The van der Waals surface area contributed by atoms with Crippen LogP contribution in [0, 0.1) is 12.7 Å². The summed E-state index contributed by atoms with van der Waals surface area (Å²) in [4.78, 5) is 22.9. The fraction of sp³-hybridized carbons (Fsp3) is 0.0769. The first-order valence-corrected chi connectivity index (χ1v) is 6.19. The van der Waals surface area contributed by atoms with Crippen molar-refractivity contribution in [3.05, 3.63) is 51.5 Å². The lowest BCUT2D eigenvalue weighted by Crippen LogP contribution is -2.10. The molecular weight excluding hydrogens is 269 g/mol. The van der Waals surface area contributed by atoms with Crippen molar-refractivity contribution >= 4 is 28.9 Å². The minimum absolute atomic E-state index is 0.0839. The fourth-order valence-electron chi connectivity index (χ4n) is 1.58. The Hall–Kier alpha value is -2.21. The summed E-state index contributed by atoms with van der Waals surface area (Å²) in [6.07, 6.45) is 0. The number of amides is 1. The van der Waals surface area contributed by atoms with Gasteiger partial charge in [-0.3, -0.25) is 4.79 Å². The molecule has 0 aliphatic heterocycles. The summed E-state index contributed by atoms with van der Waals surface area (Å²) < 4.78 is 13.2. The van der Waals surface area contributed by atoms with E-state index in [-0.39, 0.29) is 9.75 Å². The Morgan fingerprint density at radius 2 is 1.89 bits per heavy atom. The SMILES string of the molecule is Cc1cc(F)cc(NC(=O)c2ccc(C(=O)O)s2)c1. The number of rotatable bonds is 3. The van der Waals surface area contributed by atoms with Crippen molar-refractivity contribution in [3.63, 3.8) is 0 Å². The molecule has 0 unspecified atom stereocenters. The molecule has 4 nitrogen and oxygen atoms in total. The number of nitrogens with one attached hydrogen (secondary N) is 1. The van der Waals surface area contributed by atoms with Gasteiger partial charge >= 0.3 is 5.97 Å². The van der Waals surface area contributed by atoms with Crippen molar-refractivity contribution in [1.29, 1.82) is 0 Å². The quantitative estimate of drug-likeness (QED) is 0.907. The topological polar surface area (TPSA) is 66.4 Å². The van der Waals surface area contributed by atoms with Gasteiger partial charge in [-0.05, 0) is 42.8 Å². The molecule has 0 aliphatic rings. The van der Waals surface area contributed by atoms with Crippen LogP contribution in [0.4, 0.5) is 10.1 Å². The highest BCUT2D eigenvalue weighted by atomic mass is 32.1. The number of hydrogen-bond acceptors (Lipinski definition) is 3. The van der Waals surface area contributed by atoms with Gasteiger partial charge in [-0.15, -0.1) is 11.3 Å². The number of thiophene rings is 1. The predicted molar refractivity (Wildman–Crippen MR) is 70.4 cm³/mol. The number of carbonyl (C=O) groups excluding carboxylic acids is 1. The zero-order valence-corrected chi connectivity index (χ0v) is 10.8. The minimum atomic E-state index is -1.08. The molecule has 1 aromatic heterocycles. The summed E-state index contributed by atoms with van der Waals surface area (Å²) in [6, 6.07) is 6.97. The van der Waals surface area contributed by atoms with Gasteiger partial charge in [-0.1, -0.05) is 0 Å². The van der Waals surface area contributed by atoms with Gasteiger partial charge in [0.1, 0.15) is 10.7 Å². The highest BCUT2D eigenvalue weighted by Gasteiger charge is 2.13. The number of aryl methyl sites for hydroxylation is 1. The number of carboxylic acids is 1. The van der Waals surface area contributed by atoms with E-state index in [0.717, 1.165) is 11.3 Å². The Morgan fingerprint density at radius 3 is 2.47 bits per heavy atom. The molecule has 6 heteroatoms. The molecule has 19 heavy (non-hydrogen) atoms. The first-order chi connectivity index (χ1) is 8.95. The maximum atomic E-state index is 13.2. The molecule has 1 amide bonds. The van der Waals surface area contributed by atoms with Crippen molar-refractivity contribution in [2.24, 2.45) is 0 Å². The number of anilines is 1. The first-order valence-electron chi connectivity index (χ1n) is 5.37. The Labute approximate surface area is 112 Å². The van der Waals surface area contributed by atoms with E-state index in [9.17, 15) is 14.0 Å². The highest BCUT2D eigenvalue weighted by Crippen LogP contribution is 2.19. The second-order valence-electron chi connectivity index (χ2n) is 3.94. The monoisotopic (exact) mass is 279 g/mol. The van der Waals surface area contributed by atoms with E-state index in [1.54, 1.807) is 13.0 Å². The largest absolute Gasteiger partial charge is 0.477 e. The smallest absolute Gasteiger partial charge is 0.345 e. The molecule has 2 rings (SSSR count). The molecule has 2 N–H and O–H groups in total. The van der Waals surface area contributed by atoms with Gasteiger partial charge in [0, 0.05) is 5.69 Å². The second-order valence-corrected chi connectivity index (χ2v) is 5.02. The Kier molecular flexibility index (Phi) is 3.62. The van der Waals surface area contributed by atoms with Gasteiger partial charge in [0.15, 0.2) is 0 Å². The third-order valence-corrected chi connectivity index (χ3v) is 3.41. The fourth-order valence-corrected chi connectivity index (χ4v) is 2.32. The predicted octanol–water partition coefficient (Wildman–Crippen LogP) is 3.15. The third kappa shape index (κ3) is 3.17. The van der Waals surface area contributed by atoms with Crippen LogP contribution in [0.25, 0.3) is 0 Å². The summed E-state index contributed by atoms with van der Waals surface area (Å²) in [5.74, 6) is -1.97. The molecule has 0 saturated heterocycles. The van der Waals surface area contributed by atoms with Crippen molar-refractivity contribution in [2.45, 2.75) is 6.92 Å². The van der Waals surface area contributed by atoms with Crippen LogP contribution in [0.15, 0.2) is 30.3 Å². The van der Waals surface area contributed by atoms with Crippen LogP contribution in [0.2, 0.25) is 0 Å². The lowest BCUT2D eigenvalue weighted by molar-refractivity contribution is 0.0702. The molecule has 98 valence electrons. The zero-order chi connectivity index (χ0) is 14.0. The molecule has 1 heterocycles. The van der Waals surface area contributed by atoms with E-state index in [1.807, 2.05) is 0 Å². The number of carboxylic acid groups (broad SMARTS) is 1. The molecule has 2 aromatic rings. The van der Waals surface area contributed by atoms with Crippen LogP contribution >= 0.6 is 11.3 Å². The number of halogens is 1. The molecule has 0 atom stereocenters. The third-order valence-electron chi connectivity index (χ3n) is 2.34. The maximum absolute atomic E-state index is 13.2. The van der Waals surface area contributed by atoms with Crippen molar-refractivity contribution < 1.29 is 19.1 Å². The van der Waals surface area contributed by atoms with Crippen LogP contribution in [0.1, 0.15) is 24.9 Å². The number of carbonyl (C=O) groups is 2. The van der Waals surface area contributed by atoms with Crippen molar-refractivity contribution in [2.75, 3.05) is 5.32 Å². The zero-order valence-electron chi connectivity index (χ0n) is 9.94. The summed E-state index contributed by atoms with van der Waals surface area (Å²) in [6.45, 7) is 1.71. The van der Waals surface area contributed by atoms with Gasteiger partial charge in [0.25, 0.3) is 5.91 Å². The number of hydrogen-bond donors (Lipinski definition) is 2. The van der Waals surface area contributed by atoms with Crippen LogP contribution in [0.5, 0.6) is 0 Å². The molecule has 0 spiro atoms. The van der Waals surface area contributed by atoms with Crippen LogP contribution in [0.3, 0.4) is 0 Å². The summed E-state index contributed by atoms with van der Waals surface area (Å²) in [7, 11) is 0. The molecule has 0 aliphatic carbocycles. The molecule has 1 aromatic carbocycles. The Balaban J connectivity index is 2.18. The van der Waals surface area contributed by atoms with E-state index < -0.39 is 17.7 Å². The average molecular weight is 279 g/mol. The van der Waals surface area contributed by atoms with Crippen molar-refractivity contribution in [1.82, 2.24) is 0 Å². The van der Waals surface area contributed by atoms with Gasteiger partial charge in [0.2, 0.25) is 0 Å². The van der Waals surface area contributed by atoms with Gasteiger partial charge in [0.05, 0.1) is 4.88 Å². The summed E-state index contributed by atoms with van der Waals surface area (Å²) >= 11 is 0.871. The minimum Gasteiger partial charge on any atom is -0.477 e. The molecule has 0 fully saturated rings. The lowest BCUT2D eigenvalue weighted by Gasteiger charge is -2.04. The first kappa shape index (κ1) is 13.2. The van der Waals surface area contributed by atoms with Crippen LogP contribution in [-0.2, 0) is 0 Å². The highest BCUT2D eigenvalue weighted by molar-refractivity contribution is 7.15. The molecular formula is C13H10FNO3S. The van der Waals surface area contributed by atoms with Gasteiger partial charge < -0.3 is 10.4 Å². The van der Waals surface area contributed by atoms with E-state index in [0.29, 0.717) is 11.3 Å². The van der Waals surface area contributed by atoms with Gasteiger partial charge in [-0.25, -0.2) is 9.18 Å². The van der Waals surface area contributed by atoms with Crippen molar-refractivity contribution in [3.8, 4) is 0 Å². The van der Waals surface area contributed by atoms with Crippen LogP contribution in [-0.4, -0.2) is 17.0 Å². The number of benzene rings is 1.